The lowest BCUT2D eigenvalue weighted by Crippen LogP contribution is -2.19. The summed E-state index contributed by atoms with van der Waals surface area (Å²) in [6.45, 7) is 7.94. The Morgan fingerprint density at radius 2 is 1.86 bits per heavy atom. The number of hydrogen-bond acceptors (Lipinski definition) is 2. The lowest BCUT2D eigenvalue weighted by molar-refractivity contribution is 0.476. The molecule has 3 rings (SSSR count). The predicted molar refractivity (Wildman–Crippen MR) is 92.9 cm³/mol. The summed E-state index contributed by atoms with van der Waals surface area (Å²) in [5.74, 6) is 1.72. The first-order valence-electron chi connectivity index (χ1n) is 7.37. The van der Waals surface area contributed by atoms with Gasteiger partial charge in [-0.25, -0.2) is 0 Å². The Morgan fingerprint density at radius 3 is 2.64 bits per heavy atom. The first-order valence-corrected chi connectivity index (χ1v) is 7.37. The van der Waals surface area contributed by atoms with E-state index in [0.29, 0.717) is 0 Å². The molecule has 22 heavy (non-hydrogen) atoms. The Kier molecular flexibility index (Phi) is 3.84. The van der Waals surface area contributed by atoms with Crippen molar-refractivity contribution < 1.29 is 4.74 Å². The SMILES string of the molecule is C=C/C=C(\C=C/C)N1c2ccccc2Oc2ccc(C)cc21. The fraction of sp³-hybridized carbons (Fsp3) is 0.100. The van der Waals surface area contributed by atoms with E-state index in [4.69, 9.17) is 4.74 Å². The minimum absolute atomic E-state index is 0.860. The minimum atomic E-state index is 0.860. The number of para-hydroxylation sites is 2. The third-order valence-electron chi connectivity index (χ3n) is 3.57. The van der Waals surface area contributed by atoms with Crippen molar-refractivity contribution in [3.8, 4) is 11.5 Å². The van der Waals surface area contributed by atoms with E-state index in [-0.39, 0.29) is 0 Å². The number of rotatable bonds is 3. The molecular weight excluding hydrogens is 270 g/mol. The molecule has 1 aliphatic heterocycles. The zero-order chi connectivity index (χ0) is 15.5. The molecule has 110 valence electrons. The van der Waals surface area contributed by atoms with Crippen molar-refractivity contribution in [2.75, 3.05) is 4.90 Å². The van der Waals surface area contributed by atoms with Gasteiger partial charge in [-0.3, -0.25) is 0 Å². The summed E-state index contributed by atoms with van der Waals surface area (Å²) >= 11 is 0. The van der Waals surface area contributed by atoms with Crippen molar-refractivity contribution in [1.82, 2.24) is 0 Å². The van der Waals surface area contributed by atoms with Gasteiger partial charge in [0.05, 0.1) is 11.4 Å². The number of benzene rings is 2. The van der Waals surface area contributed by atoms with Crippen molar-refractivity contribution in [3.05, 3.63) is 84.6 Å². The maximum atomic E-state index is 6.05. The second kappa shape index (κ2) is 5.94. The Labute approximate surface area is 131 Å². The topological polar surface area (TPSA) is 12.5 Å². The summed E-state index contributed by atoms with van der Waals surface area (Å²) in [5, 5.41) is 0. The minimum Gasteiger partial charge on any atom is -0.453 e. The molecule has 0 bridgehead atoms. The maximum absolute atomic E-state index is 6.05. The van der Waals surface area contributed by atoms with Crippen LogP contribution in [0.1, 0.15) is 12.5 Å². The van der Waals surface area contributed by atoms with E-state index in [1.807, 2.05) is 49.4 Å². The number of nitrogens with zero attached hydrogens (tertiary/aromatic N) is 1. The van der Waals surface area contributed by atoms with Gasteiger partial charge in [-0.05, 0) is 55.8 Å². The first kappa shape index (κ1) is 14.2. The van der Waals surface area contributed by atoms with Crippen LogP contribution < -0.4 is 9.64 Å². The van der Waals surface area contributed by atoms with Gasteiger partial charge < -0.3 is 9.64 Å². The molecular formula is C20H19NO. The summed E-state index contributed by atoms with van der Waals surface area (Å²) in [5.41, 5.74) is 4.34. The Balaban J connectivity index is 2.25. The van der Waals surface area contributed by atoms with Crippen LogP contribution in [-0.4, -0.2) is 0 Å². The number of aryl methyl sites for hydroxylation is 1. The summed E-state index contributed by atoms with van der Waals surface area (Å²) in [4.78, 5) is 2.21. The number of fused-ring (bicyclic) bond motifs is 2. The second-order valence-corrected chi connectivity index (χ2v) is 5.20. The Bertz CT molecular complexity index is 771. The summed E-state index contributed by atoms with van der Waals surface area (Å²) in [6.07, 6.45) is 7.93. The molecule has 0 fully saturated rings. The quantitative estimate of drug-likeness (QED) is 0.654. The zero-order valence-electron chi connectivity index (χ0n) is 12.9. The second-order valence-electron chi connectivity index (χ2n) is 5.20. The van der Waals surface area contributed by atoms with E-state index < -0.39 is 0 Å². The van der Waals surface area contributed by atoms with Gasteiger partial charge in [0.25, 0.3) is 0 Å². The largest absolute Gasteiger partial charge is 0.453 e. The Morgan fingerprint density at radius 1 is 1.09 bits per heavy atom. The number of allylic oxidation sites excluding steroid dienone is 4. The van der Waals surface area contributed by atoms with E-state index >= 15 is 0 Å². The molecule has 2 aromatic rings. The molecule has 0 spiro atoms. The van der Waals surface area contributed by atoms with Gasteiger partial charge in [-0.2, -0.15) is 0 Å². The maximum Gasteiger partial charge on any atom is 0.151 e. The first-order chi connectivity index (χ1) is 10.7. The fourth-order valence-electron chi connectivity index (χ4n) is 2.64. The molecule has 1 aliphatic rings. The van der Waals surface area contributed by atoms with Crippen molar-refractivity contribution in [3.63, 3.8) is 0 Å². The van der Waals surface area contributed by atoms with Gasteiger partial charge >= 0.3 is 0 Å². The van der Waals surface area contributed by atoms with Gasteiger partial charge in [-0.1, -0.05) is 36.9 Å². The monoisotopic (exact) mass is 289 g/mol. The smallest absolute Gasteiger partial charge is 0.151 e. The average Bonchev–Trinajstić information content (AvgIpc) is 2.53. The normalized spacial score (nSPS) is 13.5. The molecule has 0 amide bonds. The van der Waals surface area contributed by atoms with Crippen LogP contribution in [0.2, 0.25) is 0 Å². The van der Waals surface area contributed by atoms with Gasteiger partial charge in [0, 0.05) is 5.70 Å². The number of hydrogen-bond donors (Lipinski definition) is 0. The number of ether oxygens (including phenoxy) is 1. The molecule has 0 aromatic heterocycles. The van der Waals surface area contributed by atoms with Crippen molar-refractivity contribution >= 4 is 11.4 Å². The van der Waals surface area contributed by atoms with Gasteiger partial charge in [0.2, 0.25) is 0 Å². The van der Waals surface area contributed by atoms with Gasteiger partial charge in [0.15, 0.2) is 11.5 Å². The number of anilines is 2. The molecule has 0 aliphatic carbocycles. The van der Waals surface area contributed by atoms with Crippen molar-refractivity contribution in [2.45, 2.75) is 13.8 Å². The lowest BCUT2D eigenvalue weighted by Gasteiger charge is -2.33. The van der Waals surface area contributed by atoms with Crippen molar-refractivity contribution in [1.29, 1.82) is 0 Å². The third-order valence-corrected chi connectivity index (χ3v) is 3.57. The fourth-order valence-corrected chi connectivity index (χ4v) is 2.64. The highest BCUT2D eigenvalue weighted by Gasteiger charge is 2.25. The molecule has 2 aromatic carbocycles. The highest BCUT2D eigenvalue weighted by Crippen LogP contribution is 2.48. The van der Waals surface area contributed by atoms with E-state index in [0.717, 1.165) is 28.6 Å². The van der Waals surface area contributed by atoms with Gasteiger partial charge in [0.1, 0.15) is 0 Å². The van der Waals surface area contributed by atoms with Crippen LogP contribution >= 0.6 is 0 Å². The van der Waals surface area contributed by atoms with Crippen molar-refractivity contribution in [2.24, 2.45) is 0 Å². The molecule has 0 atom stereocenters. The lowest BCUT2D eigenvalue weighted by atomic mass is 10.1. The van der Waals surface area contributed by atoms with E-state index in [2.05, 4.69) is 42.7 Å². The molecule has 1 heterocycles. The third kappa shape index (κ3) is 2.44. The highest BCUT2D eigenvalue weighted by atomic mass is 16.5. The molecule has 2 nitrogen and oxygen atoms in total. The molecule has 0 saturated carbocycles. The highest BCUT2D eigenvalue weighted by molar-refractivity contribution is 5.82. The van der Waals surface area contributed by atoms with E-state index in [1.54, 1.807) is 0 Å². The molecule has 0 N–H and O–H groups in total. The standard InChI is InChI=1S/C20H19NO/c1-4-8-16(9-5-2)21-17-10-6-7-11-19(17)22-20-13-12-15(3)14-18(20)21/h4-14H,1H2,2-3H3/b9-5-,16-8+. The summed E-state index contributed by atoms with van der Waals surface area (Å²) in [7, 11) is 0. The van der Waals surface area contributed by atoms with Crippen LogP contribution in [-0.2, 0) is 0 Å². The summed E-state index contributed by atoms with van der Waals surface area (Å²) < 4.78 is 6.05. The molecule has 2 heteroatoms. The van der Waals surface area contributed by atoms with E-state index in [1.165, 1.54) is 5.56 Å². The predicted octanol–water partition coefficient (Wildman–Crippen LogP) is 5.88. The summed E-state index contributed by atoms with van der Waals surface area (Å²) in [6, 6.07) is 14.3. The van der Waals surface area contributed by atoms with Crippen LogP contribution in [0, 0.1) is 6.92 Å². The zero-order valence-corrected chi connectivity index (χ0v) is 12.9. The average molecular weight is 289 g/mol. The molecule has 0 radical (unpaired) electrons. The van der Waals surface area contributed by atoms with Crippen LogP contribution in [0.15, 0.2) is 79.0 Å². The van der Waals surface area contributed by atoms with E-state index in [9.17, 15) is 0 Å². The van der Waals surface area contributed by atoms with Gasteiger partial charge in [-0.15, -0.1) is 0 Å². The molecule has 0 saturated heterocycles. The van der Waals surface area contributed by atoms with Crippen LogP contribution in [0.5, 0.6) is 11.5 Å². The molecule has 0 unspecified atom stereocenters. The van der Waals surface area contributed by atoms with Crippen LogP contribution in [0.25, 0.3) is 0 Å². The van der Waals surface area contributed by atoms with Crippen LogP contribution in [0.3, 0.4) is 0 Å². The Hall–Kier alpha value is -2.74. The van der Waals surface area contributed by atoms with Crippen LogP contribution in [0.4, 0.5) is 11.4 Å².